The zero-order valence-electron chi connectivity index (χ0n) is 45.1. The number of benzene rings is 13. The third-order valence-electron chi connectivity index (χ3n) is 17.5. The molecule has 2 aliphatic carbocycles. The first kappa shape index (κ1) is 46.9. The summed E-state index contributed by atoms with van der Waals surface area (Å²) < 4.78 is 13.3. The number of nitrogens with zero attached hydrogens (tertiary/aromatic N) is 2. The number of hydrogen-bond acceptors (Lipinski definition) is 4. The lowest BCUT2D eigenvalue weighted by molar-refractivity contribution is 0.668. The minimum Gasteiger partial charge on any atom is -0.456 e. The van der Waals surface area contributed by atoms with E-state index >= 15 is 0 Å². The van der Waals surface area contributed by atoms with E-state index in [-0.39, 0.29) is 0 Å². The van der Waals surface area contributed by atoms with Gasteiger partial charge in [-0.05, 0) is 157 Å². The van der Waals surface area contributed by atoms with Crippen LogP contribution in [0.2, 0.25) is 0 Å². The fourth-order valence-corrected chi connectivity index (χ4v) is 13.8. The van der Waals surface area contributed by atoms with Crippen molar-refractivity contribution >= 4 is 78.0 Å². The molecule has 0 N–H and O–H groups in total. The van der Waals surface area contributed by atoms with Gasteiger partial charge in [-0.2, -0.15) is 0 Å². The van der Waals surface area contributed by atoms with E-state index in [2.05, 4.69) is 301 Å². The molecule has 0 bridgehead atoms. The predicted molar refractivity (Wildman–Crippen MR) is 343 cm³/mol. The average molecular weight is 1060 g/mol. The molecule has 13 aromatic carbocycles. The van der Waals surface area contributed by atoms with Crippen molar-refractivity contribution in [1.29, 1.82) is 0 Å². The second kappa shape index (κ2) is 18.6. The van der Waals surface area contributed by atoms with Crippen molar-refractivity contribution in [1.82, 2.24) is 0 Å². The summed E-state index contributed by atoms with van der Waals surface area (Å²) in [6, 6.07) is 111. The van der Waals surface area contributed by atoms with E-state index in [9.17, 15) is 0 Å². The molecule has 0 atom stereocenters. The molecule has 4 heteroatoms. The number of anilines is 6. The molecule has 0 unspecified atom stereocenters. The van der Waals surface area contributed by atoms with Gasteiger partial charge in [0.15, 0.2) is 0 Å². The van der Waals surface area contributed by atoms with Gasteiger partial charge in [0.2, 0.25) is 0 Å². The maximum Gasteiger partial charge on any atom is 0.137 e. The summed E-state index contributed by atoms with van der Waals surface area (Å²) in [5.41, 5.74) is 25.9. The molecule has 4 nitrogen and oxygen atoms in total. The van der Waals surface area contributed by atoms with Crippen LogP contribution in [0, 0.1) is 0 Å². The second-order valence-corrected chi connectivity index (χ2v) is 21.9. The molecular formula is C79H50N2O2. The van der Waals surface area contributed by atoms with Crippen LogP contribution in [0.1, 0.15) is 22.3 Å². The lowest BCUT2D eigenvalue weighted by atomic mass is 9.70. The largest absolute Gasteiger partial charge is 0.456 e. The van der Waals surface area contributed by atoms with Crippen LogP contribution in [0.15, 0.2) is 312 Å². The SMILES string of the molecule is c1ccc(-c2ccc(N(c3ccc(N(c4ccc(-c5ccccc5)cc4)c4ccc5c(c4)oc4ccccc45)c(-c4ccc5c(c4)C4(c6ccccc6-c6ccccc64)c4ccccc4-5)c3)c3ccc4c(c3)oc3ccccc34)cc2)cc1. The highest BCUT2D eigenvalue weighted by atomic mass is 16.3. The van der Waals surface area contributed by atoms with Crippen LogP contribution < -0.4 is 9.80 Å². The molecule has 0 radical (unpaired) electrons. The third-order valence-corrected chi connectivity index (χ3v) is 17.5. The maximum absolute atomic E-state index is 6.69. The zero-order valence-corrected chi connectivity index (χ0v) is 45.1. The zero-order chi connectivity index (χ0) is 54.6. The Morgan fingerprint density at radius 2 is 0.590 bits per heavy atom. The molecule has 388 valence electrons. The van der Waals surface area contributed by atoms with Crippen LogP contribution in [0.3, 0.4) is 0 Å². The van der Waals surface area contributed by atoms with Crippen molar-refractivity contribution in [3.63, 3.8) is 0 Å². The molecule has 83 heavy (non-hydrogen) atoms. The summed E-state index contributed by atoms with van der Waals surface area (Å²) in [7, 11) is 0. The monoisotopic (exact) mass is 1060 g/mol. The number of fused-ring (bicyclic) bond motifs is 16. The fraction of sp³-hybridized carbons (Fsp3) is 0.0127. The number of para-hydroxylation sites is 2. The highest BCUT2D eigenvalue weighted by Crippen LogP contribution is 2.63. The van der Waals surface area contributed by atoms with Crippen LogP contribution in [0.5, 0.6) is 0 Å². The molecule has 1 spiro atoms. The Morgan fingerprint density at radius 3 is 1.12 bits per heavy atom. The Hall–Kier alpha value is -10.9. The summed E-state index contributed by atoms with van der Waals surface area (Å²) in [5.74, 6) is 0. The smallest absolute Gasteiger partial charge is 0.137 e. The molecule has 2 heterocycles. The first-order chi connectivity index (χ1) is 41.1. The Morgan fingerprint density at radius 1 is 0.217 bits per heavy atom. The molecule has 0 saturated carbocycles. The van der Waals surface area contributed by atoms with E-state index in [1.165, 1.54) is 55.6 Å². The number of rotatable bonds is 9. The molecule has 0 saturated heterocycles. The van der Waals surface area contributed by atoms with E-state index in [4.69, 9.17) is 8.83 Å². The van der Waals surface area contributed by atoms with Crippen molar-refractivity contribution in [3.05, 3.63) is 326 Å². The van der Waals surface area contributed by atoms with E-state index in [1.54, 1.807) is 0 Å². The van der Waals surface area contributed by atoms with E-state index in [0.29, 0.717) is 0 Å². The van der Waals surface area contributed by atoms with Crippen molar-refractivity contribution in [3.8, 4) is 55.6 Å². The van der Waals surface area contributed by atoms with Crippen LogP contribution in [-0.2, 0) is 5.41 Å². The van der Waals surface area contributed by atoms with Gasteiger partial charge in [0.1, 0.15) is 22.3 Å². The Kier molecular flexibility index (Phi) is 10.5. The van der Waals surface area contributed by atoms with Crippen LogP contribution in [0.4, 0.5) is 34.1 Å². The normalized spacial score (nSPS) is 12.7. The van der Waals surface area contributed by atoms with Crippen LogP contribution in [0.25, 0.3) is 99.5 Å². The van der Waals surface area contributed by atoms with Crippen molar-refractivity contribution < 1.29 is 8.83 Å². The topological polar surface area (TPSA) is 32.8 Å². The highest BCUT2D eigenvalue weighted by Gasteiger charge is 2.51. The minimum absolute atomic E-state index is 0.541. The van der Waals surface area contributed by atoms with Crippen LogP contribution >= 0.6 is 0 Å². The molecule has 0 fully saturated rings. The molecule has 2 aliphatic rings. The molecule has 0 amide bonds. The first-order valence-electron chi connectivity index (χ1n) is 28.5. The molecular weight excluding hydrogens is 1010 g/mol. The maximum atomic E-state index is 6.69. The van der Waals surface area contributed by atoms with Gasteiger partial charge in [-0.15, -0.1) is 0 Å². The third kappa shape index (κ3) is 7.26. The highest BCUT2D eigenvalue weighted by molar-refractivity contribution is 6.08. The molecule has 15 aromatic rings. The Balaban J connectivity index is 0.932. The van der Waals surface area contributed by atoms with Gasteiger partial charge >= 0.3 is 0 Å². The van der Waals surface area contributed by atoms with Crippen molar-refractivity contribution in [2.75, 3.05) is 9.80 Å². The summed E-state index contributed by atoms with van der Waals surface area (Å²) in [5, 5.41) is 4.36. The van der Waals surface area contributed by atoms with Gasteiger partial charge in [0.05, 0.1) is 11.1 Å². The molecule has 0 aliphatic heterocycles. The quantitative estimate of drug-likeness (QED) is 0.144. The van der Waals surface area contributed by atoms with Gasteiger partial charge in [-0.1, -0.05) is 206 Å². The Bertz CT molecular complexity index is 4970. The number of furan rings is 2. The lowest BCUT2D eigenvalue weighted by Crippen LogP contribution is -2.25. The van der Waals surface area contributed by atoms with Gasteiger partial charge in [-0.25, -0.2) is 0 Å². The van der Waals surface area contributed by atoms with Gasteiger partial charge in [0.25, 0.3) is 0 Å². The second-order valence-electron chi connectivity index (χ2n) is 21.9. The van der Waals surface area contributed by atoms with Crippen molar-refractivity contribution in [2.45, 2.75) is 5.41 Å². The van der Waals surface area contributed by atoms with E-state index in [1.807, 2.05) is 12.1 Å². The van der Waals surface area contributed by atoms with E-state index in [0.717, 1.165) is 100 Å². The summed E-state index contributed by atoms with van der Waals surface area (Å²) in [6.45, 7) is 0. The summed E-state index contributed by atoms with van der Waals surface area (Å²) in [4.78, 5) is 4.79. The standard InChI is InChI=1S/C79H50N2O2/c1-3-17-51(18-4-1)53-31-36-56(37-32-53)80(59-40-44-67-65-24-10-15-29-75(65)82-77(67)49-59)58-42-46-74(81(57-38-33-54(34-39-57)52-19-5-2-6-20-52)60-41-45-68-66-25-11-16-30-76(66)83-78(68)50-60)69(48-58)55-35-43-64-63-23-9-14-28-72(63)79(73(64)47-55)70-26-12-7-21-61(70)62-22-8-13-27-71(62)79/h1-50H. The van der Waals surface area contributed by atoms with Crippen LogP contribution in [-0.4, -0.2) is 0 Å². The van der Waals surface area contributed by atoms with Gasteiger partial charge in [-0.3, -0.25) is 0 Å². The van der Waals surface area contributed by atoms with Crippen molar-refractivity contribution in [2.24, 2.45) is 0 Å². The fourth-order valence-electron chi connectivity index (χ4n) is 13.8. The molecule has 17 rings (SSSR count). The summed E-state index contributed by atoms with van der Waals surface area (Å²) >= 11 is 0. The summed E-state index contributed by atoms with van der Waals surface area (Å²) in [6.07, 6.45) is 0. The van der Waals surface area contributed by atoms with Gasteiger partial charge in [0, 0.05) is 67.7 Å². The molecule has 2 aromatic heterocycles. The minimum atomic E-state index is -0.541. The predicted octanol–water partition coefficient (Wildman–Crippen LogP) is 21.8. The van der Waals surface area contributed by atoms with E-state index < -0.39 is 5.41 Å². The lowest BCUT2D eigenvalue weighted by Gasteiger charge is -2.32. The average Bonchev–Trinajstić information content (AvgIpc) is 2.98. The van der Waals surface area contributed by atoms with Gasteiger partial charge < -0.3 is 18.6 Å². The Labute approximate surface area is 480 Å². The number of hydrogen-bond donors (Lipinski definition) is 0. The first-order valence-corrected chi connectivity index (χ1v) is 28.5.